The molecule has 3 atom stereocenters. The molecule has 2 nitrogen and oxygen atoms in total. The Kier molecular flexibility index (Phi) is 5.95. The Bertz CT molecular complexity index is 722. The first-order valence-electron chi connectivity index (χ1n) is 10.9. The van der Waals surface area contributed by atoms with E-state index in [0.29, 0.717) is 5.92 Å². The highest BCUT2D eigenvalue weighted by Gasteiger charge is 2.43. The minimum Gasteiger partial charge on any atom is -0.304 e. The molecule has 0 unspecified atom stereocenters. The van der Waals surface area contributed by atoms with E-state index in [-0.39, 0.29) is 0 Å². The summed E-state index contributed by atoms with van der Waals surface area (Å²) in [5.74, 6) is 2.04. The van der Waals surface area contributed by atoms with Crippen LogP contribution in [0.25, 0.3) is 0 Å². The molecule has 0 N–H and O–H groups in total. The third kappa shape index (κ3) is 3.83. The van der Waals surface area contributed by atoms with Gasteiger partial charge in [0.05, 0.1) is 0 Å². The van der Waals surface area contributed by atoms with Crippen molar-refractivity contribution in [3.8, 4) is 0 Å². The Morgan fingerprint density at radius 1 is 0.926 bits per heavy atom. The van der Waals surface area contributed by atoms with Gasteiger partial charge in [0.2, 0.25) is 0 Å². The van der Waals surface area contributed by atoms with Crippen LogP contribution in [-0.4, -0.2) is 49.1 Å². The van der Waals surface area contributed by atoms with Crippen molar-refractivity contribution < 1.29 is 0 Å². The van der Waals surface area contributed by atoms with Gasteiger partial charge in [0.15, 0.2) is 0 Å². The van der Waals surface area contributed by atoms with Gasteiger partial charge in [0.25, 0.3) is 0 Å². The van der Waals surface area contributed by atoms with Crippen LogP contribution in [0.1, 0.15) is 55.2 Å². The topological polar surface area (TPSA) is 6.48 Å². The second-order valence-corrected chi connectivity index (χ2v) is 8.26. The van der Waals surface area contributed by atoms with E-state index in [0.717, 1.165) is 11.8 Å². The van der Waals surface area contributed by atoms with E-state index in [9.17, 15) is 0 Å². The summed E-state index contributed by atoms with van der Waals surface area (Å²) >= 11 is 0. The van der Waals surface area contributed by atoms with E-state index < -0.39 is 0 Å². The largest absolute Gasteiger partial charge is 0.304 e. The van der Waals surface area contributed by atoms with E-state index in [1.165, 1.54) is 57.7 Å². The van der Waals surface area contributed by atoms with Crippen molar-refractivity contribution in [2.75, 3.05) is 39.3 Å². The van der Waals surface area contributed by atoms with E-state index in [4.69, 9.17) is 0 Å². The molecule has 1 fully saturated rings. The van der Waals surface area contributed by atoms with Gasteiger partial charge in [-0.25, -0.2) is 0 Å². The van der Waals surface area contributed by atoms with Crippen LogP contribution in [0.15, 0.2) is 54.6 Å². The van der Waals surface area contributed by atoms with Crippen LogP contribution < -0.4 is 0 Å². The highest BCUT2D eigenvalue weighted by Crippen LogP contribution is 2.52. The third-order valence-corrected chi connectivity index (χ3v) is 6.90. The maximum absolute atomic E-state index is 2.74. The molecule has 144 valence electrons. The summed E-state index contributed by atoms with van der Waals surface area (Å²) in [6, 6.07) is 20.5. The third-order valence-electron chi connectivity index (χ3n) is 6.90. The highest BCUT2D eigenvalue weighted by atomic mass is 15.2. The summed E-state index contributed by atoms with van der Waals surface area (Å²) in [5.41, 5.74) is 4.71. The normalized spacial score (nSPS) is 24.8. The minimum atomic E-state index is 0.568. The van der Waals surface area contributed by atoms with E-state index in [1.54, 1.807) is 11.1 Å². The lowest BCUT2D eigenvalue weighted by Crippen LogP contribution is -2.40. The van der Waals surface area contributed by atoms with Gasteiger partial charge in [0, 0.05) is 12.5 Å². The Hall–Kier alpha value is -1.64. The molecule has 0 bridgehead atoms. The lowest BCUT2D eigenvalue weighted by atomic mass is 9.79. The molecule has 1 saturated heterocycles. The van der Waals surface area contributed by atoms with Gasteiger partial charge in [-0.05, 0) is 74.1 Å². The zero-order chi connectivity index (χ0) is 18.6. The van der Waals surface area contributed by atoms with Crippen LogP contribution in [-0.2, 0) is 0 Å². The van der Waals surface area contributed by atoms with Crippen molar-refractivity contribution in [1.29, 1.82) is 0 Å². The molecular formula is C25H34N2. The molecular weight excluding hydrogens is 328 g/mol. The zero-order valence-electron chi connectivity index (χ0n) is 17.0. The van der Waals surface area contributed by atoms with Crippen LogP contribution in [0.4, 0.5) is 0 Å². The first-order valence-corrected chi connectivity index (χ1v) is 10.9. The molecule has 4 rings (SSSR count). The van der Waals surface area contributed by atoms with Crippen LogP contribution in [0, 0.1) is 5.92 Å². The number of benzene rings is 2. The first-order chi connectivity index (χ1) is 13.3. The number of hydrogen-bond donors (Lipinski definition) is 0. The van der Waals surface area contributed by atoms with Crippen LogP contribution in [0.5, 0.6) is 0 Å². The minimum absolute atomic E-state index is 0.568. The average molecular weight is 363 g/mol. The molecule has 0 amide bonds. The highest BCUT2D eigenvalue weighted by molar-refractivity contribution is 5.46. The predicted octanol–water partition coefficient (Wildman–Crippen LogP) is 4.97. The number of hydrogen-bond acceptors (Lipinski definition) is 2. The summed E-state index contributed by atoms with van der Waals surface area (Å²) in [5, 5.41) is 0. The molecule has 1 heterocycles. The van der Waals surface area contributed by atoms with Crippen molar-refractivity contribution in [2.24, 2.45) is 5.92 Å². The molecule has 0 saturated carbocycles. The fraction of sp³-hybridized carbons (Fsp3) is 0.520. The van der Waals surface area contributed by atoms with Crippen molar-refractivity contribution in [2.45, 2.75) is 38.5 Å². The second kappa shape index (κ2) is 8.58. The smallest absolute Gasteiger partial charge is 0.0138 e. The van der Waals surface area contributed by atoms with Gasteiger partial charge in [-0.3, -0.25) is 0 Å². The maximum Gasteiger partial charge on any atom is 0.0138 e. The molecule has 27 heavy (non-hydrogen) atoms. The number of likely N-dealkylation sites (tertiary alicyclic amines) is 1. The van der Waals surface area contributed by atoms with Gasteiger partial charge >= 0.3 is 0 Å². The van der Waals surface area contributed by atoms with Gasteiger partial charge < -0.3 is 9.80 Å². The summed E-state index contributed by atoms with van der Waals surface area (Å²) < 4.78 is 0. The molecule has 0 spiro atoms. The van der Waals surface area contributed by atoms with Gasteiger partial charge in [-0.2, -0.15) is 0 Å². The monoisotopic (exact) mass is 362 g/mol. The lowest BCUT2D eigenvalue weighted by molar-refractivity contribution is 0.146. The number of rotatable bonds is 7. The zero-order valence-corrected chi connectivity index (χ0v) is 17.0. The van der Waals surface area contributed by atoms with Crippen LogP contribution in [0.2, 0.25) is 0 Å². The summed E-state index contributed by atoms with van der Waals surface area (Å²) in [6.07, 6.45) is 2.61. The van der Waals surface area contributed by atoms with Crippen LogP contribution in [0.3, 0.4) is 0 Å². The van der Waals surface area contributed by atoms with E-state index >= 15 is 0 Å². The molecule has 0 radical (unpaired) electrons. The SMILES string of the molecule is CCN(CC)CCCN1CC[C@H]2c3ccccc3[C@H](c3ccccc3)[C@H]2C1. The second-order valence-electron chi connectivity index (χ2n) is 8.26. The lowest BCUT2D eigenvalue weighted by Gasteiger charge is -2.38. The Morgan fingerprint density at radius 3 is 2.37 bits per heavy atom. The molecule has 2 aliphatic rings. The van der Waals surface area contributed by atoms with Crippen LogP contribution >= 0.6 is 0 Å². The van der Waals surface area contributed by atoms with E-state index in [2.05, 4.69) is 78.2 Å². The average Bonchev–Trinajstić information content (AvgIpc) is 3.05. The Balaban J connectivity index is 1.49. The van der Waals surface area contributed by atoms with Gasteiger partial charge in [-0.1, -0.05) is 68.4 Å². The predicted molar refractivity (Wildman–Crippen MR) is 114 cm³/mol. The number of fused-ring (bicyclic) bond motifs is 3. The van der Waals surface area contributed by atoms with Crippen molar-refractivity contribution in [3.05, 3.63) is 71.3 Å². The summed E-state index contributed by atoms with van der Waals surface area (Å²) in [6.45, 7) is 11.9. The van der Waals surface area contributed by atoms with Gasteiger partial charge in [0.1, 0.15) is 0 Å². The maximum atomic E-state index is 2.74. The van der Waals surface area contributed by atoms with E-state index in [1.807, 2.05) is 0 Å². The quantitative estimate of drug-likeness (QED) is 0.686. The number of nitrogens with zero attached hydrogens (tertiary/aromatic N) is 2. The number of piperidine rings is 1. The molecule has 1 aliphatic heterocycles. The molecule has 2 aromatic rings. The molecule has 0 aromatic heterocycles. The molecule has 2 heteroatoms. The fourth-order valence-electron chi connectivity index (χ4n) is 5.49. The standard InChI is InChI=1S/C25H34N2/c1-3-26(4-2)16-10-17-27-18-15-22-21-13-8-9-14-23(21)25(24(22)19-27)20-11-6-5-7-12-20/h5-9,11-14,22,24-25H,3-4,10,15-19H2,1-2H3/t22-,24-,25-/m0/s1. The first kappa shape index (κ1) is 18.7. The molecule has 1 aliphatic carbocycles. The fourth-order valence-corrected chi connectivity index (χ4v) is 5.49. The Labute approximate surface area is 165 Å². The van der Waals surface area contributed by atoms with Crippen molar-refractivity contribution in [3.63, 3.8) is 0 Å². The summed E-state index contributed by atoms with van der Waals surface area (Å²) in [4.78, 5) is 5.29. The Morgan fingerprint density at radius 2 is 1.63 bits per heavy atom. The van der Waals surface area contributed by atoms with Crippen molar-refractivity contribution >= 4 is 0 Å². The molecule has 2 aromatic carbocycles. The van der Waals surface area contributed by atoms with Gasteiger partial charge in [-0.15, -0.1) is 0 Å². The summed E-state index contributed by atoms with van der Waals surface area (Å²) in [7, 11) is 0. The van der Waals surface area contributed by atoms with Crippen molar-refractivity contribution in [1.82, 2.24) is 9.80 Å².